The van der Waals surface area contributed by atoms with E-state index in [0.717, 1.165) is 44.7 Å². The van der Waals surface area contributed by atoms with E-state index < -0.39 is 0 Å². The van der Waals surface area contributed by atoms with Crippen molar-refractivity contribution < 1.29 is 4.42 Å². The molecule has 0 saturated carbocycles. The number of aromatic nitrogens is 1. The highest BCUT2D eigenvalue weighted by molar-refractivity contribution is 7.26. The Balaban J connectivity index is 1.12. The Kier molecular flexibility index (Phi) is 7.40. The van der Waals surface area contributed by atoms with E-state index in [-0.39, 0.29) is 0 Å². The minimum absolute atomic E-state index is 0.882. The Hall–Kier alpha value is -7.40. The highest BCUT2D eigenvalue weighted by atomic mass is 32.1. The van der Waals surface area contributed by atoms with Gasteiger partial charge in [0, 0.05) is 54.1 Å². The molecule has 272 valence electrons. The van der Waals surface area contributed by atoms with E-state index in [0.29, 0.717) is 0 Å². The topological polar surface area (TPSA) is 21.3 Å². The summed E-state index contributed by atoms with van der Waals surface area (Å²) in [5, 5.41) is 7.21. The molecule has 0 N–H and O–H groups in total. The summed E-state index contributed by atoms with van der Waals surface area (Å²) in [6.45, 7) is 0. The smallest absolute Gasteiger partial charge is 0.135 e. The van der Waals surface area contributed by atoms with Gasteiger partial charge in [-0.3, -0.25) is 0 Å². The lowest BCUT2D eigenvalue weighted by Crippen LogP contribution is -2.10. The van der Waals surface area contributed by atoms with Crippen LogP contribution in [0.1, 0.15) is 0 Å². The summed E-state index contributed by atoms with van der Waals surface area (Å²) in [6.07, 6.45) is 0. The molecular weight excluding hydrogens is 725 g/mol. The number of furan rings is 1. The Morgan fingerprint density at radius 2 is 1.00 bits per heavy atom. The van der Waals surface area contributed by atoms with Gasteiger partial charge in [0.1, 0.15) is 11.2 Å². The maximum absolute atomic E-state index is 6.33. The molecule has 4 heteroatoms. The molecule has 0 aliphatic rings. The number of fused-ring (bicyclic) bond motifs is 9. The van der Waals surface area contributed by atoms with Crippen LogP contribution >= 0.6 is 11.3 Å². The Morgan fingerprint density at radius 3 is 1.84 bits per heavy atom. The fraction of sp³-hybridized carbons (Fsp3) is 0. The van der Waals surface area contributed by atoms with Crippen LogP contribution < -0.4 is 4.90 Å². The SMILES string of the molecule is c1ccc(-c2ccc(N(c3ccc4oc5ccccc5c4c3)c3cc(-c4ccc5c(c4)c4ccccc4n5-c4ccccc4)cc4c3sc3ccccc34)cc2)cc1. The molecule has 0 bridgehead atoms. The van der Waals surface area contributed by atoms with Crippen LogP contribution in [0.3, 0.4) is 0 Å². The minimum atomic E-state index is 0.882. The molecule has 0 aliphatic carbocycles. The second-order valence-electron chi connectivity index (χ2n) is 14.9. The summed E-state index contributed by atoms with van der Waals surface area (Å²) in [6, 6.07) is 74.6. The van der Waals surface area contributed by atoms with Gasteiger partial charge < -0.3 is 13.9 Å². The summed E-state index contributed by atoms with van der Waals surface area (Å²) in [4.78, 5) is 2.44. The van der Waals surface area contributed by atoms with Crippen molar-refractivity contribution in [3.63, 3.8) is 0 Å². The van der Waals surface area contributed by atoms with Crippen molar-refractivity contribution in [1.29, 1.82) is 0 Å². The predicted molar refractivity (Wildman–Crippen MR) is 247 cm³/mol. The lowest BCUT2D eigenvalue weighted by atomic mass is 9.98. The molecule has 0 radical (unpaired) electrons. The maximum Gasteiger partial charge on any atom is 0.135 e. The largest absolute Gasteiger partial charge is 0.456 e. The van der Waals surface area contributed by atoms with Crippen LogP contribution in [0.25, 0.3) is 91.9 Å². The van der Waals surface area contributed by atoms with Gasteiger partial charge in [0.25, 0.3) is 0 Å². The molecule has 3 heterocycles. The fourth-order valence-electron chi connectivity index (χ4n) is 8.86. The van der Waals surface area contributed by atoms with Crippen LogP contribution in [0.15, 0.2) is 211 Å². The summed E-state index contributed by atoms with van der Waals surface area (Å²) >= 11 is 1.86. The molecule has 0 saturated heterocycles. The second-order valence-corrected chi connectivity index (χ2v) is 16.0. The molecule has 3 nitrogen and oxygen atoms in total. The first-order chi connectivity index (χ1) is 28.7. The van der Waals surface area contributed by atoms with E-state index >= 15 is 0 Å². The standard InChI is InChI=1S/C54H34N2OS/c1-3-13-35(14-4-1)36-23-26-40(27-24-36)55(41-28-30-52-46(34-41)43-18-8-11-21-51(43)57-52)50-33-38(32-47-44-19-9-12-22-53(44)58-54(47)50)37-25-29-49-45(31-37)42-17-7-10-20-48(42)56(49)39-15-5-2-6-16-39/h1-34H. The zero-order valence-electron chi connectivity index (χ0n) is 31.3. The second kappa shape index (κ2) is 13.1. The van der Waals surface area contributed by atoms with Gasteiger partial charge in [-0.05, 0) is 107 Å². The first-order valence-electron chi connectivity index (χ1n) is 19.7. The van der Waals surface area contributed by atoms with Gasteiger partial charge in [-0.1, -0.05) is 121 Å². The molecule has 9 aromatic carbocycles. The Bertz CT molecular complexity index is 3500. The van der Waals surface area contributed by atoms with E-state index in [1.165, 1.54) is 64.2 Å². The number of hydrogen-bond acceptors (Lipinski definition) is 3. The number of benzene rings is 9. The van der Waals surface area contributed by atoms with Gasteiger partial charge in [-0.15, -0.1) is 11.3 Å². The molecular formula is C54H34N2OS. The van der Waals surface area contributed by atoms with E-state index in [1.807, 2.05) is 23.5 Å². The number of nitrogens with zero attached hydrogens (tertiary/aromatic N) is 2. The van der Waals surface area contributed by atoms with Gasteiger partial charge in [0.05, 0.1) is 21.4 Å². The molecule has 0 unspecified atom stereocenters. The zero-order valence-corrected chi connectivity index (χ0v) is 32.2. The molecule has 0 atom stereocenters. The van der Waals surface area contributed by atoms with Crippen molar-refractivity contribution in [2.45, 2.75) is 0 Å². The third kappa shape index (κ3) is 5.19. The van der Waals surface area contributed by atoms with Gasteiger partial charge in [0.2, 0.25) is 0 Å². The van der Waals surface area contributed by atoms with E-state index in [9.17, 15) is 0 Å². The Morgan fingerprint density at radius 1 is 0.379 bits per heavy atom. The summed E-state index contributed by atoms with van der Waals surface area (Å²) in [5.41, 5.74) is 13.4. The summed E-state index contributed by atoms with van der Waals surface area (Å²) in [5.74, 6) is 0. The lowest BCUT2D eigenvalue weighted by molar-refractivity contribution is 0.669. The maximum atomic E-state index is 6.33. The van der Waals surface area contributed by atoms with Crippen molar-refractivity contribution in [3.8, 4) is 27.9 Å². The van der Waals surface area contributed by atoms with Crippen LogP contribution in [0.4, 0.5) is 17.1 Å². The highest BCUT2D eigenvalue weighted by Gasteiger charge is 2.22. The fourth-order valence-corrected chi connectivity index (χ4v) is 10.1. The molecule has 0 aliphatic heterocycles. The molecule has 0 amide bonds. The third-order valence-electron chi connectivity index (χ3n) is 11.6. The zero-order chi connectivity index (χ0) is 38.2. The van der Waals surface area contributed by atoms with Crippen LogP contribution in [-0.2, 0) is 0 Å². The first-order valence-corrected chi connectivity index (χ1v) is 20.5. The highest BCUT2D eigenvalue weighted by Crippen LogP contribution is 2.48. The van der Waals surface area contributed by atoms with Gasteiger partial charge in [-0.2, -0.15) is 0 Å². The molecule has 0 spiro atoms. The number of thiophene rings is 1. The third-order valence-corrected chi connectivity index (χ3v) is 12.8. The average molecular weight is 759 g/mol. The van der Waals surface area contributed by atoms with Crippen LogP contribution in [0.2, 0.25) is 0 Å². The number of rotatable bonds is 6. The van der Waals surface area contributed by atoms with Crippen molar-refractivity contribution in [1.82, 2.24) is 4.57 Å². The number of anilines is 3. The van der Waals surface area contributed by atoms with Crippen LogP contribution in [-0.4, -0.2) is 4.57 Å². The average Bonchev–Trinajstić information content (AvgIpc) is 3.97. The number of para-hydroxylation sites is 3. The molecule has 12 rings (SSSR count). The normalized spacial score (nSPS) is 11.8. The minimum Gasteiger partial charge on any atom is -0.456 e. The summed E-state index contributed by atoms with van der Waals surface area (Å²) in [7, 11) is 0. The first kappa shape index (κ1) is 32.8. The number of hydrogen-bond donors (Lipinski definition) is 0. The van der Waals surface area contributed by atoms with Gasteiger partial charge in [-0.25, -0.2) is 0 Å². The molecule has 58 heavy (non-hydrogen) atoms. The van der Waals surface area contributed by atoms with Crippen LogP contribution in [0, 0.1) is 0 Å². The Labute approximate surface area is 338 Å². The van der Waals surface area contributed by atoms with Crippen molar-refractivity contribution in [2.75, 3.05) is 4.90 Å². The molecule has 12 aromatic rings. The lowest BCUT2D eigenvalue weighted by Gasteiger charge is -2.27. The quantitative estimate of drug-likeness (QED) is 0.168. The van der Waals surface area contributed by atoms with E-state index in [4.69, 9.17) is 4.42 Å². The van der Waals surface area contributed by atoms with Crippen LogP contribution in [0.5, 0.6) is 0 Å². The predicted octanol–water partition coefficient (Wildman–Crippen LogP) is 15.9. The van der Waals surface area contributed by atoms with E-state index in [1.54, 1.807) is 0 Å². The monoisotopic (exact) mass is 758 g/mol. The molecule has 3 aromatic heterocycles. The van der Waals surface area contributed by atoms with Crippen molar-refractivity contribution in [3.05, 3.63) is 206 Å². The van der Waals surface area contributed by atoms with Gasteiger partial charge >= 0.3 is 0 Å². The van der Waals surface area contributed by atoms with Crippen molar-refractivity contribution >= 4 is 92.3 Å². The summed E-state index contributed by atoms with van der Waals surface area (Å²) < 4.78 is 11.2. The van der Waals surface area contributed by atoms with Gasteiger partial charge in [0.15, 0.2) is 0 Å². The van der Waals surface area contributed by atoms with Crippen molar-refractivity contribution in [2.24, 2.45) is 0 Å². The van der Waals surface area contributed by atoms with E-state index in [2.05, 4.69) is 204 Å². The molecule has 0 fully saturated rings.